The van der Waals surface area contributed by atoms with Gasteiger partial charge in [0.15, 0.2) is 0 Å². The number of nitrogens with one attached hydrogen (secondary N) is 2. The molecule has 5 rings (SSSR count). The molecule has 3 atom stereocenters. The number of piperazine rings is 1. The number of fused-ring (bicyclic) bond motifs is 2. The highest BCUT2D eigenvalue weighted by molar-refractivity contribution is 5.92. The molecule has 1 amide bonds. The van der Waals surface area contributed by atoms with E-state index in [1.54, 1.807) is 14.2 Å². The van der Waals surface area contributed by atoms with E-state index in [2.05, 4.69) is 56.7 Å². The summed E-state index contributed by atoms with van der Waals surface area (Å²) < 4.78 is 16.7. The zero-order valence-electron chi connectivity index (χ0n) is 21.9. The molecule has 2 heterocycles. The van der Waals surface area contributed by atoms with Crippen LogP contribution in [0.4, 0.5) is 11.4 Å². The molecule has 1 saturated heterocycles. The summed E-state index contributed by atoms with van der Waals surface area (Å²) in [5.41, 5.74) is 5.27. The van der Waals surface area contributed by atoms with Gasteiger partial charge in [-0.15, -0.1) is 0 Å². The summed E-state index contributed by atoms with van der Waals surface area (Å²) >= 11 is 0. The van der Waals surface area contributed by atoms with Crippen LogP contribution in [-0.2, 0) is 32.0 Å². The Bertz CT molecular complexity index is 1120. The smallest absolute Gasteiger partial charge is 0.290 e. The summed E-state index contributed by atoms with van der Waals surface area (Å²) in [5, 5.41) is 6.52. The lowest BCUT2D eigenvalue weighted by Gasteiger charge is -2.44. The van der Waals surface area contributed by atoms with Crippen molar-refractivity contribution < 1.29 is 19.0 Å². The van der Waals surface area contributed by atoms with Gasteiger partial charge in [0.2, 0.25) is 5.91 Å². The average Bonchev–Trinajstić information content (AvgIpc) is 3.30. The van der Waals surface area contributed by atoms with Crippen molar-refractivity contribution in [2.24, 2.45) is 4.99 Å². The van der Waals surface area contributed by atoms with Crippen LogP contribution < -0.4 is 10.6 Å². The van der Waals surface area contributed by atoms with E-state index in [1.165, 1.54) is 11.1 Å². The summed E-state index contributed by atoms with van der Waals surface area (Å²) in [6.45, 7) is 3.50. The zero-order valence-corrected chi connectivity index (χ0v) is 21.9. The zero-order chi connectivity index (χ0) is 25.8. The summed E-state index contributed by atoms with van der Waals surface area (Å²) in [5.74, 6) is -0.0423. The maximum absolute atomic E-state index is 12.9. The van der Waals surface area contributed by atoms with E-state index in [0.29, 0.717) is 32.4 Å². The summed E-state index contributed by atoms with van der Waals surface area (Å²) in [7, 11) is 5.51. The molecule has 0 aromatic heterocycles. The Morgan fingerprint density at radius 3 is 2.59 bits per heavy atom. The second-order valence-electron chi connectivity index (χ2n) is 10.1. The molecule has 0 saturated carbocycles. The highest BCUT2D eigenvalue weighted by Crippen LogP contribution is 2.32. The number of hydrogen-bond acceptors (Lipinski definition) is 8. The number of ether oxygens (including phenoxy) is 3. The lowest BCUT2D eigenvalue weighted by molar-refractivity contribution is -0.119. The molecule has 9 nitrogen and oxygen atoms in total. The Kier molecular flexibility index (Phi) is 8.05. The maximum Gasteiger partial charge on any atom is 0.290 e. The molecule has 2 aliphatic heterocycles. The SMILES string of the molecule is COC[C@@H]1CN(CC(=O)Nc2ccc3c(c2)COC(N[C@@H]2CCc4ccccc42)=N3)C[C@@H](COC)N1C. The van der Waals surface area contributed by atoms with Gasteiger partial charge in [0.05, 0.1) is 31.5 Å². The van der Waals surface area contributed by atoms with Gasteiger partial charge >= 0.3 is 0 Å². The Labute approximate surface area is 218 Å². The number of hydrogen-bond donors (Lipinski definition) is 2. The lowest BCUT2D eigenvalue weighted by Crippen LogP contribution is -2.60. The standard InChI is InChI=1S/C28H37N5O4/c1-32-22(17-35-2)13-33(14-23(32)18-36-3)15-27(34)29-21-9-11-25-20(12-21)16-37-28(30-25)31-26-10-8-19-6-4-5-7-24(19)26/h4-7,9,11-12,22-23,26H,8,10,13-18H2,1-3H3,(H,29,34)(H,30,31)/t22-,23-,26+/m0/s1. The number of nitrogens with zero attached hydrogens (tertiary/aromatic N) is 3. The normalized spacial score (nSPS) is 23.5. The van der Waals surface area contributed by atoms with Crippen LogP contribution >= 0.6 is 0 Å². The maximum atomic E-state index is 12.9. The van der Waals surface area contributed by atoms with Crippen molar-refractivity contribution in [3.63, 3.8) is 0 Å². The van der Waals surface area contributed by atoms with E-state index in [1.807, 2.05) is 18.2 Å². The molecular weight excluding hydrogens is 470 g/mol. The van der Waals surface area contributed by atoms with Gasteiger partial charge in [-0.2, -0.15) is 4.99 Å². The van der Waals surface area contributed by atoms with E-state index in [4.69, 9.17) is 14.2 Å². The fraction of sp³-hybridized carbons (Fsp3) is 0.500. The Morgan fingerprint density at radius 1 is 1.08 bits per heavy atom. The van der Waals surface area contributed by atoms with Crippen molar-refractivity contribution in [2.75, 3.05) is 59.4 Å². The van der Waals surface area contributed by atoms with Crippen molar-refractivity contribution in [1.82, 2.24) is 15.1 Å². The minimum atomic E-state index is -0.0423. The first-order valence-electron chi connectivity index (χ1n) is 12.9. The van der Waals surface area contributed by atoms with Gasteiger partial charge < -0.3 is 24.8 Å². The Morgan fingerprint density at radius 2 is 1.84 bits per heavy atom. The minimum Gasteiger partial charge on any atom is -0.460 e. The van der Waals surface area contributed by atoms with Crippen molar-refractivity contribution in [3.8, 4) is 0 Å². The van der Waals surface area contributed by atoms with Crippen LogP contribution in [0.2, 0.25) is 0 Å². The molecular formula is C28H37N5O4. The molecule has 0 unspecified atom stereocenters. The van der Waals surface area contributed by atoms with Crippen molar-refractivity contribution in [1.29, 1.82) is 0 Å². The number of anilines is 1. The van der Waals surface area contributed by atoms with Crippen LogP contribution in [-0.4, -0.2) is 87.9 Å². The topological polar surface area (TPSA) is 87.7 Å². The predicted octanol–water partition coefficient (Wildman–Crippen LogP) is 2.70. The van der Waals surface area contributed by atoms with Crippen molar-refractivity contribution in [2.45, 2.75) is 37.6 Å². The fourth-order valence-electron chi connectivity index (χ4n) is 5.59. The van der Waals surface area contributed by atoms with Crippen LogP contribution in [0.15, 0.2) is 47.5 Å². The Balaban J connectivity index is 1.18. The van der Waals surface area contributed by atoms with E-state index in [-0.39, 0.29) is 24.0 Å². The molecule has 9 heteroatoms. The molecule has 37 heavy (non-hydrogen) atoms. The molecule has 0 bridgehead atoms. The van der Waals surface area contributed by atoms with E-state index in [0.717, 1.165) is 42.9 Å². The molecule has 1 fully saturated rings. The number of carbonyl (C=O) groups excluding carboxylic acids is 1. The van der Waals surface area contributed by atoms with Crippen LogP contribution in [0.1, 0.15) is 29.2 Å². The van der Waals surface area contributed by atoms with Gasteiger partial charge in [-0.05, 0) is 49.2 Å². The largest absolute Gasteiger partial charge is 0.460 e. The minimum absolute atomic E-state index is 0.0423. The van der Waals surface area contributed by atoms with Gasteiger partial charge in [0.1, 0.15) is 6.61 Å². The van der Waals surface area contributed by atoms with E-state index >= 15 is 0 Å². The Hall–Kier alpha value is -2.98. The second-order valence-corrected chi connectivity index (χ2v) is 10.1. The number of amidine groups is 1. The van der Waals surface area contributed by atoms with Crippen LogP contribution in [0.5, 0.6) is 0 Å². The van der Waals surface area contributed by atoms with Crippen LogP contribution in [0.25, 0.3) is 0 Å². The fourth-order valence-corrected chi connectivity index (χ4v) is 5.59. The third-order valence-electron chi connectivity index (χ3n) is 7.56. The van der Waals surface area contributed by atoms with E-state index in [9.17, 15) is 4.79 Å². The number of benzene rings is 2. The molecule has 0 radical (unpaired) electrons. The number of aryl methyl sites for hydroxylation is 1. The highest BCUT2D eigenvalue weighted by atomic mass is 16.5. The van der Waals surface area contributed by atoms with Gasteiger partial charge in [0.25, 0.3) is 6.02 Å². The second kappa shape index (κ2) is 11.6. The lowest BCUT2D eigenvalue weighted by atomic mass is 10.1. The van der Waals surface area contributed by atoms with Gasteiger partial charge in [-0.3, -0.25) is 14.6 Å². The number of carbonyl (C=O) groups is 1. The van der Waals surface area contributed by atoms with Crippen LogP contribution in [0, 0.1) is 0 Å². The average molecular weight is 508 g/mol. The number of amides is 1. The molecule has 2 aromatic rings. The van der Waals surface area contributed by atoms with E-state index < -0.39 is 0 Å². The number of likely N-dealkylation sites (N-methyl/N-ethyl adjacent to an activating group) is 1. The van der Waals surface area contributed by atoms with Crippen molar-refractivity contribution >= 4 is 23.3 Å². The summed E-state index contributed by atoms with van der Waals surface area (Å²) in [6.07, 6.45) is 2.10. The first kappa shape index (κ1) is 25.7. The summed E-state index contributed by atoms with van der Waals surface area (Å²) in [4.78, 5) is 22.1. The number of rotatable bonds is 8. The molecule has 1 aliphatic carbocycles. The molecule has 3 aliphatic rings. The molecule has 2 N–H and O–H groups in total. The third kappa shape index (κ3) is 5.96. The van der Waals surface area contributed by atoms with Crippen LogP contribution in [0.3, 0.4) is 0 Å². The quantitative estimate of drug-likeness (QED) is 0.568. The predicted molar refractivity (Wildman–Crippen MR) is 143 cm³/mol. The van der Waals surface area contributed by atoms with Gasteiger partial charge in [0, 0.05) is 50.6 Å². The molecule has 2 aromatic carbocycles. The monoisotopic (exact) mass is 507 g/mol. The first-order valence-corrected chi connectivity index (χ1v) is 12.9. The third-order valence-corrected chi connectivity index (χ3v) is 7.56. The van der Waals surface area contributed by atoms with Gasteiger partial charge in [-0.25, -0.2) is 0 Å². The van der Waals surface area contributed by atoms with Crippen molar-refractivity contribution in [3.05, 3.63) is 59.2 Å². The number of methoxy groups -OCH3 is 2. The molecule has 198 valence electrons. The number of aliphatic imine (C=N–C) groups is 1. The first-order chi connectivity index (χ1) is 18.0. The summed E-state index contributed by atoms with van der Waals surface area (Å²) in [6, 6.07) is 15.5. The van der Waals surface area contributed by atoms with Gasteiger partial charge in [-0.1, -0.05) is 24.3 Å². The molecule has 0 spiro atoms. The highest BCUT2D eigenvalue weighted by Gasteiger charge is 2.33.